The van der Waals surface area contributed by atoms with Gasteiger partial charge < -0.3 is 9.52 Å². The van der Waals surface area contributed by atoms with Crippen LogP contribution in [0.3, 0.4) is 0 Å². The van der Waals surface area contributed by atoms with Gasteiger partial charge >= 0.3 is 5.97 Å². The SMILES string of the molecule is Cc1cnn(C2(C(=O)O)CCN(CC=Cc3ccco3)CC2)c1. The van der Waals surface area contributed by atoms with Crippen LogP contribution in [0.2, 0.25) is 0 Å². The van der Waals surface area contributed by atoms with Crippen LogP contribution in [0.15, 0.2) is 41.3 Å². The Balaban J connectivity index is 1.62. The predicted molar refractivity (Wildman–Crippen MR) is 86.0 cm³/mol. The Kier molecular flexibility index (Phi) is 4.34. The van der Waals surface area contributed by atoms with Gasteiger partial charge in [0.2, 0.25) is 0 Å². The van der Waals surface area contributed by atoms with Gasteiger partial charge in [-0.15, -0.1) is 0 Å². The highest BCUT2D eigenvalue weighted by Gasteiger charge is 2.43. The van der Waals surface area contributed by atoms with E-state index in [9.17, 15) is 9.90 Å². The molecule has 1 N–H and O–H groups in total. The first kappa shape index (κ1) is 15.6. The molecule has 0 atom stereocenters. The Hall–Kier alpha value is -2.34. The van der Waals surface area contributed by atoms with Gasteiger partial charge in [-0.2, -0.15) is 5.10 Å². The minimum Gasteiger partial charge on any atom is -0.479 e. The summed E-state index contributed by atoms with van der Waals surface area (Å²) in [5.74, 6) is 0.0280. The van der Waals surface area contributed by atoms with Gasteiger partial charge in [0.05, 0.1) is 12.5 Å². The zero-order chi connectivity index (χ0) is 16.3. The lowest BCUT2D eigenvalue weighted by Gasteiger charge is -2.38. The average Bonchev–Trinajstić information content (AvgIpc) is 3.20. The molecule has 3 heterocycles. The zero-order valence-electron chi connectivity index (χ0n) is 13.2. The van der Waals surface area contributed by atoms with E-state index in [0.29, 0.717) is 12.8 Å². The number of aliphatic carboxylic acids is 1. The Morgan fingerprint density at radius 1 is 1.48 bits per heavy atom. The lowest BCUT2D eigenvalue weighted by molar-refractivity contribution is -0.151. The molecule has 0 amide bonds. The van der Waals surface area contributed by atoms with Crippen LogP contribution in [0.4, 0.5) is 0 Å². The molecule has 3 rings (SSSR count). The fraction of sp³-hybridized carbons (Fsp3) is 0.412. The molecule has 0 unspecified atom stereocenters. The normalized spacial score (nSPS) is 18.5. The molecule has 1 aliphatic heterocycles. The molecule has 122 valence electrons. The molecule has 1 fully saturated rings. The smallest absolute Gasteiger partial charge is 0.331 e. The molecule has 1 aliphatic rings. The number of piperidine rings is 1. The van der Waals surface area contributed by atoms with E-state index in [1.54, 1.807) is 17.1 Å². The van der Waals surface area contributed by atoms with Gasteiger partial charge in [-0.3, -0.25) is 9.58 Å². The second kappa shape index (κ2) is 6.42. The summed E-state index contributed by atoms with van der Waals surface area (Å²) in [6.07, 6.45) is 10.3. The predicted octanol–water partition coefficient (Wildman–Crippen LogP) is 2.37. The number of nitrogens with zero attached hydrogens (tertiary/aromatic N) is 3. The Morgan fingerprint density at radius 3 is 2.83 bits per heavy atom. The van der Waals surface area contributed by atoms with Gasteiger partial charge in [0.1, 0.15) is 5.76 Å². The number of hydrogen-bond acceptors (Lipinski definition) is 4. The standard InChI is InChI=1S/C17H21N3O3/c1-14-12-18-20(13-14)17(16(21)22)6-9-19(10-7-17)8-2-4-15-5-3-11-23-15/h2-5,11-13H,6-10H2,1H3,(H,21,22). The monoisotopic (exact) mass is 315 g/mol. The molecule has 0 aliphatic carbocycles. The van der Waals surface area contributed by atoms with Crippen LogP contribution in [-0.2, 0) is 10.3 Å². The number of rotatable bonds is 5. The van der Waals surface area contributed by atoms with Crippen molar-refractivity contribution >= 4 is 12.0 Å². The van der Waals surface area contributed by atoms with Crippen molar-refractivity contribution in [1.29, 1.82) is 0 Å². The average molecular weight is 315 g/mol. The van der Waals surface area contributed by atoms with Crippen molar-refractivity contribution in [1.82, 2.24) is 14.7 Å². The number of likely N-dealkylation sites (tertiary alicyclic amines) is 1. The topological polar surface area (TPSA) is 71.5 Å². The summed E-state index contributed by atoms with van der Waals surface area (Å²) in [5, 5.41) is 14.0. The van der Waals surface area contributed by atoms with E-state index in [4.69, 9.17) is 4.42 Å². The van der Waals surface area contributed by atoms with Gasteiger partial charge in [0.15, 0.2) is 5.54 Å². The molecular weight excluding hydrogens is 294 g/mol. The summed E-state index contributed by atoms with van der Waals surface area (Å²) >= 11 is 0. The van der Waals surface area contributed by atoms with E-state index in [-0.39, 0.29) is 0 Å². The van der Waals surface area contributed by atoms with Crippen molar-refractivity contribution in [3.05, 3.63) is 48.2 Å². The number of carboxylic acid groups (broad SMARTS) is 1. The van der Waals surface area contributed by atoms with E-state index < -0.39 is 11.5 Å². The summed E-state index contributed by atoms with van der Waals surface area (Å²) in [5.41, 5.74) is 0.0598. The van der Waals surface area contributed by atoms with Crippen molar-refractivity contribution in [2.45, 2.75) is 25.3 Å². The highest BCUT2D eigenvalue weighted by Crippen LogP contribution is 2.30. The summed E-state index contributed by atoms with van der Waals surface area (Å²) in [6.45, 7) is 4.17. The molecule has 2 aromatic rings. The third-order valence-electron chi connectivity index (χ3n) is 4.42. The van der Waals surface area contributed by atoms with Crippen LogP contribution in [-0.4, -0.2) is 45.4 Å². The first-order valence-electron chi connectivity index (χ1n) is 7.78. The lowest BCUT2D eigenvalue weighted by Crippen LogP contribution is -2.51. The summed E-state index contributed by atoms with van der Waals surface area (Å²) in [4.78, 5) is 14.1. The minimum atomic E-state index is -0.921. The van der Waals surface area contributed by atoms with Crippen molar-refractivity contribution in [3.63, 3.8) is 0 Å². The van der Waals surface area contributed by atoms with Crippen molar-refractivity contribution in [2.24, 2.45) is 0 Å². The second-order valence-electron chi connectivity index (χ2n) is 6.02. The van der Waals surface area contributed by atoms with Crippen LogP contribution < -0.4 is 0 Å². The van der Waals surface area contributed by atoms with Crippen LogP contribution in [0.5, 0.6) is 0 Å². The van der Waals surface area contributed by atoms with Gasteiger partial charge in [0, 0.05) is 25.8 Å². The molecule has 23 heavy (non-hydrogen) atoms. The van der Waals surface area contributed by atoms with Crippen LogP contribution in [0.25, 0.3) is 6.08 Å². The number of aryl methyl sites for hydroxylation is 1. The van der Waals surface area contributed by atoms with Crippen LogP contribution in [0.1, 0.15) is 24.2 Å². The summed E-state index contributed by atoms with van der Waals surface area (Å²) in [7, 11) is 0. The molecule has 6 nitrogen and oxygen atoms in total. The Bertz CT molecular complexity index is 680. The maximum absolute atomic E-state index is 11.9. The Morgan fingerprint density at radius 2 is 2.26 bits per heavy atom. The molecular formula is C17H21N3O3. The number of aromatic nitrogens is 2. The van der Waals surface area contributed by atoms with Crippen molar-refractivity contribution < 1.29 is 14.3 Å². The minimum absolute atomic E-state index is 0.554. The molecule has 2 aromatic heterocycles. The van der Waals surface area contributed by atoms with Gasteiger partial charge in [-0.25, -0.2) is 4.79 Å². The van der Waals surface area contributed by atoms with Crippen LogP contribution >= 0.6 is 0 Å². The highest BCUT2D eigenvalue weighted by atomic mass is 16.4. The molecule has 0 radical (unpaired) electrons. The van der Waals surface area contributed by atoms with Gasteiger partial charge in [0.25, 0.3) is 0 Å². The summed E-state index contributed by atoms with van der Waals surface area (Å²) in [6, 6.07) is 3.76. The second-order valence-corrected chi connectivity index (χ2v) is 6.02. The number of carboxylic acids is 1. The molecule has 0 spiro atoms. The first-order valence-corrected chi connectivity index (χ1v) is 7.78. The van der Waals surface area contributed by atoms with Gasteiger partial charge in [-0.1, -0.05) is 6.08 Å². The quantitative estimate of drug-likeness (QED) is 0.917. The zero-order valence-corrected chi connectivity index (χ0v) is 13.2. The maximum atomic E-state index is 11.9. The third kappa shape index (κ3) is 3.22. The largest absolute Gasteiger partial charge is 0.479 e. The van der Waals surface area contributed by atoms with E-state index in [2.05, 4.69) is 10.00 Å². The fourth-order valence-corrected chi connectivity index (χ4v) is 3.00. The van der Waals surface area contributed by atoms with E-state index >= 15 is 0 Å². The van der Waals surface area contributed by atoms with Crippen molar-refractivity contribution in [2.75, 3.05) is 19.6 Å². The number of hydrogen-bond donors (Lipinski definition) is 1. The maximum Gasteiger partial charge on any atom is 0.331 e. The van der Waals surface area contributed by atoms with E-state index in [1.165, 1.54) is 0 Å². The van der Waals surface area contributed by atoms with Crippen LogP contribution in [0, 0.1) is 6.92 Å². The first-order chi connectivity index (χ1) is 11.1. The Labute approximate surface area is 135 Å². The number of carbonyl (C=O) groups is 1. The molecule has 6 heteroatoms. The molecule has 0 aromatic carbocycles. The molecule has 1 saturated heterocycles. The number of furan rings is 1. The fourth-order valence-electron chi connectivity index (χ4n) is 3.00. The molecule has 0 bridgehead atoms. The van der Waals surface area contributed by atoms with E-state index in [0.717, 1.165) is 31.0 Å². The molecule has 0 saturated carbocycles. The highest BCUT2D eigenvalue weighted by molar-refractivity contribution is 5.76. The van der Waals surface area contributed by atoms with E-state index in [1.807, 2.05) is 37.4 Å². The van der Waals surface area contributed by atoms with Gasteiger partial charge in [-0.05, 0) is 43.5 Å². The summed E-state index contributed by atoms with van der Waals surface area (Å²) < 4.78 is 6.88. The third-order valence-corrected chi connectivity index (χ3v) is 4.42. The van der Waals surface area contributed by atoms with Crippen molar-refractivity contribution in [3.8, 4) is 0 Å². The lowest BCUT2D eigenvalue weighted by atomic mass is 9.87.